The largest absolute Gasteiger partial charge is 0.469 e. The quantitative estimate of drug-likeness (QED) is 0.648. The second-order valence-electron chi connectivity index (χ2n) is 7.52. The maximum absolute atomic E-state index is 13.3. The normalized spacial score (nSPS) is 18.2. The summed E-state index contributed by atoms with van der Waals surface area (Å²) in [5.74, 6) is -0.262. The number of fused-ring (bicyclic) bond motifs is 1. The van der Waals surface area contributed by atoms with E-state index in [0.717, 1.165) is 5.56 Å². The summed E-state index contributed by atoms with van der Waals surface area (Å²) in [7, 11) is 0. The number of benzene rings is 2. The maximum Gasteiger partial charge on any atom is 0.264 e. The number of Topliss-reactive ketones (excluding diaryl/α,β-unsaturated/α-hetero) is 1. The number of carbonyl (C=O) groups is 2. The van der Waals surface area contributed by atoms with Crippen LogP contribution in [0.2, 0.25) is 0 Å². The first kappa shape index (κ1) is 19.2. The third-order valence-electron chi connectivity index (χ3n) is 5.56. The molecule has 1 atom stereocenters. The highest BCUT2D eigenvalue weighted by molar-refractivity contribution is 6.11. The number of rotatable bonds is 6. The van der Waals surface area contributed by atoms with Crippen LogP contribution >= 0.6 is 0 Å². The summed E-state index contributed by atoms with van der Waals surface area (Å²) < 4.78 is 5.32. The van der Waals surface area contributed by atoms with E-state index in [1.54, 1.807) is 30.9 Å². The van der Waals surface area contributed by atoms with Crippen molar-refractivity contribution in [3.8, 4) is 0 Å². The molecule has 0 saturated carbocycles. The van der Waals surface area contributed by atoms with Crippen LogP contribution in [0.15, 0.2) is 65.3 Å². The van der Waals surface area contributed by atoms with Crippen molar-refractivity contribution in [1.82, 2.24) is 0 Å². The number of ketones is 1. The lowest BCUT2D eigenvalue weighted by atomic mass is 9.87. The molecule has 29 heavy (non-hydrogen) atoms. The number of hydrogen-bond donors (Lipinski definition) is 1. The Morgan fingerprint density at radius 2 is 1.76 bits per heavy atom. The highest BCUT2D eigenvalue weighted by Crippen LogP contribution is 2.43. The molecule has 3 aromatic rings. The van der Waals surface area contributed by atoms with E-state index in [0.29, 0.717) is 41.1 Å². The van der Waals surface area contributed by atoms with Crippen LogP contribution in [0.1, 0.15) is 39.2 Å². The molecule has 0 saturated heterocycles. The smallest absolute Gasteiger partial charge is 0.264 e. The third-order valence-corrected chi connectivity index (χ3v) is 5.56. The van der Waals surface area contributed by atoms with Crippen LogP contribution in [0, 0.1) is 13.8 Å². The second-order valence-corrected chi connectivity index (χ2v) is 7.52. The summed E-state index contributed by atoms with van der Waals surface area (Å²) in [6.45, 7) is 3.92. The minimum atomic E-state index is -1.87. The van der Waals surface area contributed by atoms with Gasteiger partial charge in [-0.15, -0.1) is 0 Å². The third kappa shape index (κ3) is 3.28. The molecule has 2 heterocycles. The van der Waals surface area contributed by atoms with E-state index in [2.05, 4.69) is 0 Å². The molecule has 0 aliphatic carbocycles. The van der Waals surface area contributed by atoms with E-state index in [1.165, 1.54) is 6.26 Å². The van der Waals surface area contributed by atoms with Gasteiger partial charge in [0.15, 0.2) is 11.4 Å². The molecule has 0 bridgehead atoms. The van der Waals surface area contributed by atoms with Gasteiger partial charge >= 0.3 is 0 Å². The van der Waals surface area contributed by atoms with Crippen LogP contribution in [0.3, 0.4) is 0 Å². The van der Waals surface area contributed by atoms with Crippen LogP contribution in [0.5, 0.6) is 0 Å². The Morgan fingerprint density at radius 1 is 1.07 bits per heavy atom. The standard InChI is InChI=1S/C24H23NO4/c1-16-15-29-17(2)22(16)21(26)14-24(28)19-10-6-7-11-20(19)25(23(24)27)13-12-18-8-4-3-5-9-18/h3-11,15,28H,12-14H2,1-2H3/t24-/m1/s1. The van der Waals surface area contributed by atoms with E-state index in [1.807, 2.05) is 42.5 Å². The van der Waals surface area contributed by atoms with E-state index < -0.39 is 11.5 Å². The summed E-state index contributed by atoms with van der Waals surface area (Å²) >= 11 is 0. The van der Waals surface area contributed by atoms with Crippen molar-refractivity contribution in [2.75, 3.05) is 11.4 Å². The van der Waals surface area contributed by atoms with Crippen molar-refractivity contribution in [3.63, 3.8) is 0 Å². The molecule has 5 heteroatoms. The number of para-hydroxylation sites is 1. The highest BCUT2D eigenvalue weighted by Gasteiger charge is 2.50. The average Bonchev–Trinajstić information content (AvgIpc) is 3.16. The number of nitrogens with zero attached hydrogens (tertiary/aromatic N) is 1. The summed E-state index contributed by atoms with van der Waals surface area (Å²) in [5.41, 5.74) is 1.51. The van der Waals surface area contributed by atoms with Crippen molar-refractivity contribution in [3.05, 3.63) is 88.9 Å². The fourth-order valence-electron chi connectivity index (χ4n) is 4.09. The van der Waals surface area contributed by atoms with E-state index >= 15 is 0 Å². The van der Waals surface area contributed by atoms with Gasteiger partial charge in [0, 0.05) is 12.1 Å². The van der Waals surface area contributed by atoms with Crippen molar-refractivity contribution in [2.24, 2.45) is 0 Å². The zero-order chi connectivity index (χ0) is 20.6. The molecular weight excluding hydrogens is 366 g/mol. The van der Waals surface area contributed by atoms with Crippen molar-refractivity contribution < 1.29 is 19.1 Å². The molecular formula is C24H23NO4. The van der Waals surface area contributed by atoms with Gasteiger partial charge in [-0.3, -0.25) is 9.59 Å². The van der Waals surface area contributed by atoms with Gasteiger partial charge in [-0.05, 0) is 37.5 Å². The first-order chi connectivity index (χ1) is 13.9. The summed E-state index contributed by atoms with van der Waals surface area (Å²) in [6.07, 6.45) is 1.86. The maximum atomic E-state index is 13.3. The molecule has 0 fully saturated rings. The lowest BCUT2D eigenvalue weighted by Gasteiger charge is -2.23. The molecule has 1 N–H and O–H groups in total. The SMILES string of the molecule is Cc1coc(C)c1C(=O)C[C@]1(O)C(=O)N(CCc2ccccc2)c2ccccc21. The van der Waals surface area contributed by atoms with Crippen LogP contribution in [0.25, 0.3) is 0 Å². The molecule has 4 rings (SSSR count). The van der Waals surface area contributed by atoms with Gasteiger partial charge in [-0.1, -0.05) is 48.5 Å². The van der Waals surface area contributed by atoms with Crippen LogP contribution in [0.4, 0.5) is 5.69 Å². The van der Waals surface area contributed by atoms with Gasteiger partial charge in [-0.25, -0.2) is 0 Å². The Hall–Kier alpha value is -3.18. The Kier molecular flexibility index (Phi) is 4.84. The minimum absolute atomic E-state index is 0.302. The highest BCUT2D eigenvalue weighted by atomic mass is 16.3. The van der Waals surface area contributed by atoms with Crippen LogP contribution < -0.4 is 4.90 Å². The first-order valence-corrected chi connectivity index (χ1v) is 9.67. The average molecular weight is 389 g/mol. The minimum Gasteiger partial charge on any atom is -0.469 e. The lowest BCUT2D eigenvalue weighted by molar-refractivity contribution is -0.135. The number of aryl methyl sites for hydroxylation is 2. The van der Waals surface area contributed by atoms with Crippen molar-refractivity contribution >= 4 is 17.4 Å². The fourth-order valence-corrected chi connectivity index (χ4v) is 4.09. The van der Waals surface area contributed by atoms with Gasteiger partial charge < -0.3 is 14.4 Å². The number of hydrogen-bond acceptors (Lipinski definition) is 4. The molecule has 1 aliphatic rings. The summed E-state index contributed by atoms with van der Waals surface area (Å²) in [5, 5.41) is 11.4. The Labute approximate surface area is 169 Å². The van der Waals surface area contributed by atoms with Crippen LogP contribution in [-0.4, -0.2) is 23.3 Å². The monoisotopic (exact) mass is 389 g/mol. The molecule has 5 nitrogen and oxygen atoms in total. The predicted molar refractivity (Wildman–Crippen MR) is 110 cm³/mol. The molecule has 0 unspecified atom stereocenters. The number of anilines is 1. The molecule has 2 aromatic carbocycles. The summed E-state index contributed by atoms with van der Waals surface area (Å²) in [6, 6.07) is 17.0. The van der Waals surface area contributed by atoms with Gasteiger partial charge in [0.2, 0.25) is 0 Å². The predicted octanol–water partition coefficient (Wildman–Crippen LogP) is 3.95. The van der Waals surface area contributed by atoms with E-state index in [9.17, 15) is 14.7 Å². The Balaban J connectivity index is 1.63. The number of aliphatic hydroxyl groups is 1. The van der Waals surface area contributed by atoms with Crippen molar-refractivity contribution in [1.29, 1.82) is 0 Å². The Bertz CT molecular complexity index is 1050. The number of furan rings is 1. The van der Waals surface area contributed by atoms with Gasteiger partial charge in [-0.2, -0.15) is 0 Å². The van der Waals surface area contributed by atoms with Gasteiger partial charge in [0.25, 0.3) is 5.91 Å². The topological polar surface area (TPSA) is 70.7 Å². The Morgan fingerprint density at radius 3 is 2.45 bits per heavy atom. The molecule has 0 radical (unpaired) electrons. The summed E-state index contributed by atoms with van der Waals surface area (Å²) in [4.78, 5) is 27.8. The van der Waals surface area contributed by atoms with Crippen LogP contribution in [-0.2, 0) is 16.8 Å². The van der Waals surface area contributed by atoms with Gasteiger partial charge in [0.05, 0.1) is 23.9 Å². The number of amides is 1. The molecule has 148 valence electrons. The second kappa shape index (κ2) is 7.33. The zero-order valence-corrected chi connectivity index (χ0v) is 16.5. The lowest BCUT2D eigenvalue weighted by Crippen LogP contribution is -2.42. The molecule has 0 spiro atoms. The van der Waals surface area contributed by atoms with Gasteiger partial charge in [0.1, 0.15) is 5.76 Å². The number of carbonyl (C=O) groups excluding carboxylic acids is 2. The molecule has 1 amide bonds. The molecule has 1 aromatic heterocycles. The zero-order valence-electron chi connectivity index (χ0n) is 16.5. The van der Waals surface area contributed by atoms with E-state index in [4.69, 9.17) is 4.42 Å². The van der Waals surface area contributed by atoms with E-state index in [-0.39, 0.29) is 12.2 Å². The van der Waals surface area contributed by atoms with Crippen molar-refractivity contribution in [2.45, 2.75) is 32.3 Å². The fraction of sp³-hybridized carbons (Fsp3) is 0.250. The molecule has 1 aliphatic heterocycles. The first-order valence-electron chi connectivity index (χ1n) is 9.67.